The molecule has 0 bridgehead atoms. The van der Waals surface area contributed by atoms with Crippen LogP contribution in [0.4, 0.5) is 4.79 Å². The molecule has 94 valence electrons. The number of aliphatic carboxylic acids is 1. The lowest BCUT2D eigenvalue weighted by Gasteiger charge is -2.20. The smallest absolute Gasteiger partial charge is 0.410 e. The summed E-state index contributed by atoms with van der Waals surface area (Å²) in [5, 5.41) is 8.98. The van der Waals surface area contributed by atoms with Gasteiger partial charge in [-0.05, 0) is 13.3 Å². The number of carboxylic acids is 1. The van der Waals surface area contributed by atoms with Gasteiger partial charge in [-0.15, -0.1) is 0 Å². The van der Waals surface area contributed by atoms with E-state index in [1.165, 1.54) is 13.0 Å². The Morgan fingerprint density at radius 3 is 2.65 bits per heavy atom. The van der Waals surface area contributed by atoms with E-state index in [-0.39, 0.29) is 25.4 Å². The molecule has 1 aliphatic rings. The number of Topliss-reactive ketones (excluding diaryl/α,β-unsaturated/α-hetero) is 1. The number of carboxylic acid groups (broad SMARTS) is 1. The van der Waals surface area contributed by atoms with Gasteiger partial charge in [0.15, 0.2) is 0 Å². The topological polar surface area (TPSA) is 83.9 Å². The maximum atomic E-state index is 11.6. The van der Waals surface area contributed by atoms with Crippen LogP contribution in [0.5, 0.6) is 0 Å². The predicted molar refractivity (Wildman–Crippen MR) is 58.5 cm³/mol. The quantitative estimate of drug-likeness (QED) is 0.731. The molecule has 17 heavy (non-hydrogen) atoms. The van der Waals surface area contributed by atoms with Gasteiger partial charge in [0.2, 0.25) is 0 Å². The minimum absolute atomic E-state index is 0.0202. The Kier molecular flexibility index (Phi) is 4.25. The molecule has 0 radical (unpaired) electrons. The highest BCUT2D eigenvalue weighted by molar-refractivity contribution is 5.85. The molecule has 1 fully saturated rings. The summed E-state index contributed by atoms with van der Waals surface area (Å²) in [6.45, 7) is 4.90. The Morgan fingerprint density at radius 1 is 1.53 bits per heavy atom. The van der Waals surface area contributed by atoms with Crippen LogP contribution >= 0.6 is 0 Å². The first-order valence-corrected chi connectivity index (χ1v) is 5.25. The molecule has 0 saturated carbocycles. The first kappa shape index (κ1) is 13.2. The molecule has 0 aromatic heterocycles. The number of ketones is 1. The van der Waals surface area contributed by atoms with E-state index < -0.39 is 24.0 Å². The van der Waals surface area contributed by atoms with E-state index in [9.17, 15) is 14.4 Å². The normalized spacial score (nSPS) is 23.2. The minimum atomic E-state index is -1.12. The number of likely N-dealkylation sites (tertiary alicyclic amines) is 1. The van der Waals surface area contributed by atoms with Crippen LogP contribution in [0.15, 0.2) is 12.7 Å². The van der Waals surface area contributed by atoms with Gasteiger partial charge in [0.25, 0.3) is 0 Å². The summed E-state index contributed by atoms with van der Waals surface area (Å²) in [4.78, 5) is 34.8. The fourth-order valence-electron chi connectivity index (χ4n) is 1.78. The molecule has 0 aromatic carbocycles. The predicted octanol–water partition coefficient (Wildman–Crippen LogP) is 0.673. The summed E-state index contributed by atoms with van der Waals surface area (Å²) in [7, 11) is 0. The number of hydrogen-bond donors (Lipinski definition) is 1. The van der Waals surface area contributed by atoms with E-state index in [2.05, 4.69) is 6.58 Å². The zero-order chi connectivity index (χ0) is 13.0. The van der Waals surface area contributed by atoms with Gasteiger partial charge in [0, 0.05) is 12.5 Å². The van der Waals surface area contributed by atoms with Gasteiger partial charge in [0.05, 0.1) is 0 Å². The second-order valence-corrected chi connectivity index (χ2v) is 3.92. The van der Waals surface area contributed by atoms with Crippen LogP contribution < -0.4 is 0 Å². The number of nitrogens with zero attached hydrogens (tertiary/aromatic N) is 1. The summed E-state index contributed by atoms with van der Waals surface area (Å²) in [6.07, 6.45) is 0.820. The van der Waals surface area contributed by atoms with Crippen molar-refractivity contribution in [3.05, 3.63) is 12.7 Å². The molecule has 1 unspecified atom stereocenters. The highest BCUT2D eigenvalue weighted by Gasteiger charge is 2.42. The Labute approximate surface area is 98.8 Å². The molecule has 0 spiro atoms. The van der Waals surface area contributed by atoms with Crippen LogP contribution in [0.1, 0.15) is 13.3 Å². The number of ether oxygens (including phenoxy) is 1. The number of rotatable bonds is 4. The van der Waals surface area contributed by atoms with Crippen LogP contribution in [-0.2, 0) is 14.3 Å². The van der Waals surface area contributed by atoms with Crippen molar-refractivity contribution in [3.8, 4) is 0 Å². The monoisotopic (exact) mass is 241 g/mol. The Bertz CT molecular complexity index is 352. The first-order valence-electron chi connectivity index (χ1n) is 5.25. The average Bonchev–Trinajstić information content (AvgIpc) is 2.70. The Morgan fingerprint density at radius 2 is 2.18 bits per heavy atom. The minimum Gasteiger partial charge on any atom is -0.480 e. The number of carbonyl (C=O) groups excluding carboxylic acids is 2. The van der Waals surface area contributed by atoms with E-state index in [0.29, 0.717) is 0 Å². The van der Waals surface area contributed by atoms with Crippen LogP contribution in [0.25, 0.3) is 0 Å². The standard InChI is InChI=1S/C11H15NO5/c1-3-4-17-11(16)12-6-8(7(2)13)5-9(12)10(14)15/h3,8-9H,1,4-6H2,2H3,(H,14,15)/t8?,9-/m0/s1. The maximum absolute atomic E-state index is 11.6. The van der Waals surface area contributed by atoms with Crippen molar-refractivity contribution in [2.75, 3.05) is 13.2 Å². The molecule has 0 aromatic rings. The fourth-order valence-corrected chi connectivity index (χ4v) is 1.78. The molecule has 1 heterocycles. The summed E-state index contributed by atoms with van der Waals surface area (Å²) in [5.41, 5.74) is 0. The Balaban J connectivity index is 2.74. The molecule has 1 aliphatic heterocycles. The van der Waals surface area contributed by atoms with Crippen molar-refractivity contribution in [2.24, 2.45) is 5.92 Å². The summed E-state index contributed by atoms with van der Waals surface area (Å²) in [6, 6.07) is -0.985. The van der Waals surface area contributed by atoms with Crippen molar-refractivity contribution in [2.45, 2.75) is 19.4 Å². The van der Waals surface area contributed by atoms with Crippen molar-refractivity contribution in [1.82, 2.24) is 4.90 Å². The maximum Gasteiger partial charge on any atom is 0.410 e. The second kappa shape index (κ2) is 5.47. The summed E-state index contributed by atoms with van der Waals surface area (Å²) >= 11 is 0. The van der Waals surface area contributed by atoms with E-state index >= 15 is 0 Å². The van der Waals surface area contributed by atoms with Gasteiger partial charge >= 0.3 is 12.1 Å². The number of amides is 1. The number of hydrogen-bond acceptors (Lipinski definition) is 4. The highest BCUT2D eigenvalue weighted by atomic mass is 16.6. The average molecular weight is 241 g/mol. The van der Waals surface area contributed by atoms with E-state index in [1.54, 1.807) is 0 Å². The van der Waals surface area contributed by atoms with Gasteiger partial charge in [-0.2, -0.15) is 0 Å². The van der Waals surface area contributed by atoms with Gasteiger partial charge in [-0.25, -0.2) is 9.59 Å². The van der Waals surface area contributed by atoms with Gasteiger partial charge < -0.3 is 9.84 Å². The molecular weight excluding hydrogens is 226 g/mol. The van der Waals surface area contributed by atoms with Crippen molar-refractivity contribution < 1.29 is 24.2 Å². The number of carbonyl (C=O) groups is 3. The van der Waals surface area contributed by atoms with Crippen LogP contribution in [-0.4, -0.2) is 47.0 Å². The van der Waals surface area contributed by atoms with E-state index in [1.807, 2.05) is 0 Å². The van der Waals surface area contributed by atoms with Crippen molar-refractivity contribution in [1.29, 1.82) is 0 Å². The Hall–Kier alpha value is -1.85. The third-order valence-electron chi connectivity index (χ3n) is 2.72. The van der Waals surface area contributed by atoms with Gasteiger partial charge in [-0.1, -0.05) is 12.7 Å². The molecule has 6 nitrogen and oxygen atoms in total. The molecule has 2 atom stereocenters. The van der Waals surface area contributed by atoms with Crippen molar-refractivity contribution in [3.63, 3.8) is 0 Å². The van der Waals surface area contributed by atoms with Gasteiger partial charge in [0.1, 0.15) is 18.4 Å². The molecule has 1 saturated heterocycles. The van der Waals surface area contributed by atoms with Crippen LogP contribution in [0.2, 0.25) is 0 Å². The van der Waals surface area contributed by atoms with Crippen LogP contribution in [0, 0.1) is 5.92 Å². The largest absolute Gasteiger partial charge is 0.480 e. The third kappa shape index (κ3) is 3.05. The third-order valence-corrected chi connectivity index (χ3v) is 2.72. The molecule has 1 rings (SSSR count). The lowest BCUT2D eigenvalue weighted by Crippen LogP contribution is -2.40. The zero-order valence-electron chi connectivity index (χ0n) is 9.59. The highest BCUT2D eigenvalue weighted by Crippen LogP contribution is 2.24. The second-order valence-electron chi connectivity index (χ2n) is 3.92. The molecule has 1 N–H and O–H groups in total. The van der Waals surface area contributed by atoms with Gasteiger partial charge in [-0.3, -0.25) is 9.69 Å². The zero-order valence-corrected chi connectivity index (χ0v) is 9.59. The van der Waals surface area contributed by atoms with E-state index in [4.69, 9.17) is 9.84 Å². The molecule has 6 heteroatoms. The SMILES string of the molecule is C=CCOC(=O)N1CC(C(C)=O)C[C@H]1C(=O)O. The molecular formula is C11H15NO5. The lowest BCUT2D eigenvalue weighted by molar-refractivity contribution is -0.141. The van der Waals surface area contributed by atoms with Crippen molar-refractivity contribution >= 4 is 17.8 Å². The molecule has 1 amide bonds. The molecule has 0 aliphatic carbocycles. The van der Waals surface area contributed by atoms with E-state index in [0.717, 1.165) is 4.90 Å². The summed E-state index contributed by atoms with van der Waals surface area (Å²) < 4.78 is 4.78. The summed E-state index contributed by atoms with van der Waals surface area (Å²) in [5.74, 6) is -1.66. The first-order chi connectivity index (χ1) is 7.97. The fraction of sp³-hybridized carbons (Fsp3) is 0.545. The lowest BCUT2D eigenvalue weighted by atomic mass is 10.0. The van der Waals surface area contributed by atoms with Crippen LogP contribution in [0.3, 0.4) is 0 Å².